The second-order valence-corrected chi connectivity index (χ2v) is 7.91. The van der Waals surface area contributed by atoms with E-state index in [2.05, 4.69) is 4.89 Å². The van der Waals surface area contributed by atoms with Crippen LogP contribution >= 0.6 is 0 Å². The molecule has 5 nitrogen and oxygen atoms in total. The summed E-state index contributed by atoms with van der Waals surface area (Å²) in [6, 6.07) is 19.1. The van der Waals surface area contributed by atoms with Gasteiger partial charge >= 0.3 is 0 Å². The molecule has 162 valence electrons. The first-order valence-corrected chi connectivity index (χ1v) is 10.4. The van der Waals surface area contributed by atoms with Crippen LogP contribution in [0.15, 0.2) is 72.9 Å². The van der Waals surface area contributed by atoms with Gasteiger partial charge in [0.15, 0.2) is 0 Å². The normalized spacial score (nSPS) is 12.4. The highest BCUT2D eigenvalue weighted by Gasteiger charge is 2.16. The molecule has 5 heteroatoms. The van der Waals surface area contributed by atoms with E-state index < -0.39 is 0 Å². The highest BCUT2D eigenvalue weighted by atomic mass is 17.1. The van der Waals surface area contributed by atoms with E-state index in [9.17, 15) is 4.79 Å². The Kier molecular flexibility index (Phi) is 7.82. The highest BCUT2D eigenvalue weighted by molar-refractivity contribution is 6.08. The molecule has 0 unspecified atom stereocenters. The van der Waals surface area contributed by atoms with Gasteiger partial charge in [-0.15, -0.1) is 0 Å². The summed E-state index contributed by atoms with van der Waals surface area (Å²) in [6.45, 7) is 6.73. The number of aryl methyl sites for hydroxylation is 1. The minimum atomic E-state index is -0.237. The van der Waals surface area contributed by atoms with E-state index in [1.54, 1.807) is 0 Å². The standard InChI is InChI=1S/C26H29NO4/c1-19(2)25(18-30-29)31-23-9-4-7-21(17-23)8-5-15-27-16-6-10-24(27)26(28)22-13-11-20(3)12-14-22/h4-14,16-17,19,25,29H,15,18H2,1-3H3/b8-5+/t25-/m1/s1. The Morgan fingerprint density at radius 2 is 1.87 bits per heavy atom. The molecular weight excluding hydrogens is 390 g/mol. The molecule has 0 saturated carbocycles. The second-order valence-electron chi connectivity index (χ2n) is 7.91. The Labute approximate surface area is 183 Å². The average molecular weight is 420 g/mol. The fraction of sp³-hybridized carbons (Fsp3) is 0.269. The maximum Gasteiger partial charge on any atom is 0.209 e. The summed E-state index contributed by atoms with van der Waals surface area (Å²) in [4.78, 5) is 17.1. The largest absolute Gasteiger partial charge is 0.488 e. The van der Waals surface area contributed by atoms with E-state index in [1.807, 2.05) is 104 Å². The Bertz CT molecular complexity index is 1020. The lowest BCUT2D eigenvalue weighted by Crippen LogP contribution is -2.28. The van der Waals surface area contributed by atoms with Crippen molar-refractivity contribution in [2.75, 3.05) is 6.61 Å². The van der Waals surface area contributed by atoms with Gasteiger partial charge in [0.2, 0.25) is 5.78 Å². The van der Waals surface area contributed by atoms with Crippen LogP contribution in [0.2, 0.25) is 0 Å². The van der Waals surface area contributed by atoms with Crippen LogP contribution in [0.1, 0.15) is 41.0 Å². The van der Waals surface area contributed by atoms with Gasteiger partial charge in [-0.2, -0.15) is 0 Å². The van der Waals surface area contributed by atoms with Crippen LogP contribution in [0, 0.1) is 12.8 Å². The number of ether oxygens (including phenoxy) is 1. The van der Waals surface area contributed by atoms with E-state index in [0.29, 0.717) is 23.6 Å². The first-order valence-electron chi connectivity index (χ1n) is 10.4. The molecule has 2 aromatic carbocycles. The molecule has 1 atom stereocenters. The molecule has 31 heavy (non-hydrogen) atoms. The van der Waals surface area contributed by atoms with Crippen LogP contribution in [-0.2, 0) is 11.4 Å². The van der Waals surface area contributed by atoms with Gasteiger partial charge in [-0.1, -0.05) is 68.0 Å². The molecule has 0 aliphatic carbocycles. The summed E-state index contributed by atoms with van der Waals surface area (Å²) in [5.41, 5.74) is 3.47. The molecule has 0 aliphatic heterocycles. The number of carbonyl (C=O) groups excluding carboxylic acids is 1. The van der Waals surface area contributed by atoms with Crippen molar-refractivity contribution in [3.05, 3.63) is 95.3 Å². The van der Waals surface area contributed by atoms with Crippen LogP contribution in [0.3, 0.4) is 0 Å². The van der Waals surface area contributed by atoms with Gasteiger partial charge in [0.1, 0.15) is 18.5 Å². The topological polar surface area (TPSA) is 60.7 Å². The predicted molar refractivity (Wildman–Crippen MR) is 122 cm³/mol. The van der Waals surface area contributed by atoms with Crippen molar-refractivity contribution in [3.63, 3.8) is 0 Å². The Morgan fingerprint density at radius 3 is 2.58 bits per heavy atom. The number of carbonyl (C=O) groups is 1. The SMILES string of the molecule is Cc1ccc(C(=O)c2cccn2C/C=C/c2cccc(O[C@H](COO)C(C)C)c2)cc1. The van der Waals surface area contributed by atoms with Crippen LogP contribution in [-0.4, -0.2) is 28.3 Å². The first-order chi connectivity index (χ1) is 15.0. The average Bonchev–Trinajstić information content (AvgIpc) is 3.22. The van der Waals surface area contributed by atoms with Gasteiger partial charge in [-0.05, 0) is 42.7 Å². The molecular formula is C26H29NO4. The Hall–Kier alpha value is -3.15. The maximum atomic E-state index is 12.8. The number of nitrogens with zero attached hydrogens (tertiary/aromatic N) is 1. The first kappa shape index (κ1) is 22.5. The zero-order valence-corrected chi connectivity index (χ0v) is 18.2. The molecule has 3 rings (SSSR count). The van der Waals surface area contributed by atoms with E-state index >= 15 is 0 Å². The minimum Gasteiger partial charge on any atom is -0.488 e. The summed E-state index contributed by atoms with van der Waals surface area (Å²) in [5, 5.41) is 8.75. The second kappa shape index (κ2) is 10.8. The fourth-order valence-electron chi connectivity index (χ4n) is 3.24. The van der Waals surface area contributed by atoms with Gasteiger partial charge in [-0.25, -0.2) is 4.89 Å². The van der Waals surface area contributed by atoms with Crippen molar-refractivity contribution < 1.29 is 19.7 Å². The summed E-state index contributed by atoms with van der Waals surface area (Å²) in [5.74, 6) is 0.929. The van der Waals surface area contributed by atoms with Gasteiger partial charge in [0.25, 0.3) is 0 Å². The minimum absolute atomic E-state index is 0.0135. The molecule has 0 spiro atoms. The number of ketones is 1. The summed E-state index contributed by atoms with van der Waals surface area (Å²) in [6.07, 6.45) is 5.69. The smallest absolute Gasteiger partial charge is 0.209 e. The number of hydrogen-bond acceptors (Lipinski definition) is 4. The zero-order valence-electron chi connectivity index (χ0n) is 18.2. The van der Waals surface area contributed by atoms with Crippen molar-refractivity contribution in [3.8, 4) is 5.75 Å². The third-order valence-electron chi connectivity index (χ3n) is 5.12. The van der Waals surface area contributed by atoms with Crippen molar-refractivity contribution in [1.29, 1.82) is 0 Å². The monoisotopic (exact) mass is 419 g/mol. The molecule has 1 N–H and O–H groups in total. The lowest BCUT2D eigenvalue weighted by atomic mass is 10.1. The summed E-state index contributed by atoms with van der Waals surface area (Å²) in [7, 11) is 0. The number of allylic oxidation sites excluding steroid dienone is 1. The quantitative estimate of drug-likeness (QED) is 0.263. The number of benzene rings is 2. The molecule has 0 aliphatic rings. The number of aromatic nitrogens is 1. The van der Waals surface area contributed by atoms with Gasteiger partial charge in [0, 0.05) is 18.3 Å². The summed E-state index contributed by atoms with van der Waals surface area (Å²) < 4.78 is 7.89. The van der Waals surface area contributed by atoms with E-state index in [-0.39, 0.29) is 24.4 Å². The van der Waals surface area contributed by atoms with Crippen LogP contribution in [0.4, 0.5) is 0 Å². The molecule has 0 radical (unpaired) electrons. The third-order valence-corrected chi connectivity index (χ3v) is 5.12. The third kappa shape index (κ3) is 6.17. The predicted octanol–water partition coefficient (Wildman–Crippen LogP) is 5.63. The molecule has 1 heterocycles. The number of hydrogen-bond donors (Lipinski definition) is 1. The highest BCUT2D eigenvalue weighted by Crippen LogP contribution is 2.19. The van der Waals surface area contributed by atoms with Crippen molar-refractivity contribution in [1.82, 2.24) is 4.57 Å². The van der Waals surface area contributed by atoms with E-state index in [4.69, 9.17) is 9.99 Å². The molecule has 1 aromatic heterocycles. The van der Waals surface area contributed by atoms with Crippen molar-refractivity contribution in [2.45, 2.75) is 33.4 Å². The van der Waals surface area contributed by atoms with Crippen LogP contribution in [0.25, 0.3) is 6.08 Å². The van der Waals surface area contributed by atoms with Gasteiger partial charge < -0.3 is 9.30 Å². The fourth-order valence-corrected chi connectivity index (χ4v) is 3.24. The van der Waals surface area contributed by atoms with Gasteiger partial charge in [0.05, 0.1) is 5.69 Å². The van der Waals surface area contributed by atoms with Crippen molar-refractivity contribution in [2.24, 2.45) is 5.92 Å². The lowest BCUT2D eigenvalue weighted by molar-refractivity contribution is -0.257. The molecule has 0 fully saturated rings. The summed E-state index contributed by atoms with van der Waals surface area (Å²) >= 11 is 0. The van der Waals surface area contributed by atoms with E-state index in [0.717, 1.165) is 11.1 Å². The molecule has 3 aromatic rings. The van der Waals surface area contributed by atoms with Crippen LogP contribution in [0.5, 0.6) is 5.75 Å². The Morgan fingerprint density at radius 1 is 1.10 bits per heavy atom. The van der Waals surface area contributed by atoms with Crippen molar-refractivity contribution >= 4 is 11.9 Å². The molecule has 0 saturated heterocycles. The zero-order chi connectivity index (χ0) is 22.2. The van der Waals surface area contributed by atoms with Crippen LogP contribution < -0.4 is 4.74 Å². The maximum absolute atomic E-state index is 12.8. The lowest BCUT2D eigenvalue weighted by Gasteiger charge is -2.21. The Balaban J connectivity index is 1.67. The molecule has 0 bridgehead atoms. The number of rotatable bonds is 10. The van der Waals surface area contributed by atoms with E-state index in [1.165, 1.54) is 0 Å². The molecule has 0 amide bonds. The van der Waals surface area contributed by atoms with Gasteiger partial charge in [-0.3, -0.25) is 10.1 Å².